The summed E-state index contributed by atoms with van der Waals surface area (Å²) in [6.45, 7) is 27.8. The predicted molar refractivity (Wildman–Crippen MR) is 305 cm³/mol. The molecule has 0 spiro atoms. The van der Waals surface area contributed by atoms with Crippen molar-refractivity contribution in [1.82, 2.24) is 14.5 Å². The molecule has 6 aromatic carbocycles. The number of pyridine rings is 1. The molecular formula is C66H69IrN3O2Si-2. The molecule has 0 amide bonds. The van der Waals surface area contributed by atoms with Crippen molar-refractivity contribution in [1.29, 1.82) is 0 Å². The molecule has 11 rings (SSSR count). The Morgan fingerprint density at radius 2 is 1.44 bits per heavy atom. The van der Waals surface area contributed by atoms with Crippen molar-refractivity contribution in [3.05, 3.63) is 186 Å². The fourth-order valence-electron chi connectivity index (χ4n) is 10.8. The molecule has 1 radical (unpaired) electrons. The largest absolute Gasteiger partial charge is 0.529 e. The van der Waals surface area contributed by atoms with E-state index in [1.165, 1.54) is 49.8 Å². The van der Waals surface area contributed by atoms with E-state index < -0.39 is 8.07 Å². The Morgan fingerprint density at radius 3 is 2.14 bits per heavy atom. The molecule has 2 aliphatic rings. The van der Waals surface area contributed by atoms with E-state index in [-0.39, 0.29) is 31.6 Å². The van der Waals surface area contributed by atoms with E-state index in [4.69, 9.17) is 19.1 Å². The molecule has 0 saturated heterocycles. The molecule has 0 bridgehead atoms. The number of nitrogens with zero attached hydrogens (tertiary/aromatic N) is 3. The standard InChI is InChI=1S/C42H41N2O.C24H28NOSi.Ir/c1-26(2)32-23-31(29-13-9-8-10-14-29)24-33(27(3)4)40(32)44-37-16-12-11-15-36(37)43-41(44)30-18-20-39-35(22-30)34-21-28(25-42(5,6)7)17-19-38(34)45-39;1-16(2)13-17-14-21(25-15-23(17)27(3,4)5)20-11-8-10-19-18-9-6-7-12-22(18)26-24(19)20;/h8-17,19-24,26-27H,25H2,1-7H3;6-10,12,14-16,18,22H,13H2,1-5H3;/q2*-1;. The van der Waals surface area contributed by atoms with E-state index >= 15 is 0 Å². The molecule has 73 heavy (non-hydrogen) atoms. The van der Waals surface area contributed by atoms with E-state index in [0.29, 0.717) is 23.7 Å². The van der Waals surface area contributed by atoms with Gasteiger partial charge in [0, 0.05) is 49.0 Å². The molecule has 0 saturated carbocycles. The Hall–Kier alpha value is -6.11. The van der Waals surface area contributed by atoms with Gasteiger partial charge < -0.3 is 18.7 Å². The molecule has 5 nitrogen and oxygen atoms in total. The summed E-state index contributed by atoms with van der Waals surface area (Å²) >= 11 is 0. The molecule has 9 aromatic rings. The number of allylic oxidation sites excluding steroid dienone is 2. The van der Waals surface area contributed by atoms with E-state index in [1.54, 1.807) is 0 Å². The summed E-state index contributed by atoms with van der Waals surface area (Å²) in [6.07, 6.45) is 12.8. The maximum atomic E-state index is 6.31. The summed E-state index contributed by atoms with van der Waals surface area (Å²) in [5, 5.41) is 3.70. The summed E-state index contributed by atoms with van der Waals surface area (Å²) in [6, 6.07) is 48.2. The van der Waals surface area contributed by atoms with Crippen LogP contribution in [0.5, 0.6) is 5.75 Å². The molecule has 3 aromatic heterocycles. The van der Waals surface area contributed by atoms with Crippen LogP contribution in [0.4, 0.5) is 0 Å². The van der Waals surface area contributed by atoms with Crippen molar-refractivity contribution < 1.29 is 29.3 Å². The number of rotatable bonds is 10. The molecule has 2 atom stereocenters. The zero-order valence-corrected chi connectivity index (χ0v) is 48.0. The second-order valence-corrected chi connectivity index (χ2v) is 28.4. The second-order valence-electron chi connectivity index (χ2n) is 23.3. The molecular weight excluding hydrogens is 1090 g/mol. The number of imidazole rings is 1. The van der Waals surface area contributed by atoms with E-state index in [9.17, 15) is 0 Å². The Balaban J connectivity index is 0.000000200. The van der Waals surface area contributed by atoms with Crippen LogP contribution in [0, 0.1) is 23.5 Å². The third-order valence-corrected chi connectivity index (χ3v) is 16.2. The maximum absolute atomic E-state index is 6.31. The normalized spacial score (nSPS) is 15.2. The van der Waals surface area contributed by atoms with Gasteiger partial charge in [0.1, 0.15) is 11.7 Å². The van der Waals surface area contributed by atoms with Gasteiger partial charge in [-0.1, -0.05) is 177 Å². The van der Waals surface area contributed by atoms with Gasteiger partial charge in [0.2, 0.25) is 0 Å². The van der Waals surface area contributed by atoms with Gasteiger partial charge in [-0.05, 0) is 117 Å². The number of fused-ring (bicyclic) bond motifs is 7. The van der Waals surface area contributed by atoms with Gasteiger partial charge in [0.25, 0.3) is 0 Å². The van der Waals surface area contributed by atoms with Crippen LogP contribution in [-0.2, 0) is 32.9 Å². The third-order valence-electron chi connectivity index (χ3n) is 14.1. The molecule has 0 N–H and O–H groups in total. The first-order chi connectivity index (χ1) is 34.4. The van der Waals surface area contributed by atoms with Gasteiger partial charge in [-0.15, -0.1) is 42.0 Å². The van der Waals surface area contributed by atoms with E-state index in [1.807, 2.05) is 12.1 Å². The minimum atomic E-state index is -1.44. The number of furan rings is 1. The first-order valence-electron chi connectivity index (χ1n) is 26.1. The second kappa shape index (κ2) is 20.7. The van der Waals surface area contributed by atoms with Gasteiger partial charge in [0.05, 0.1) is 30.5 Å². The molecule has 0 fully saturated rings. The van der Waals surface area contributed by atoms with Crippen LogP contribution in [0.25, 0.3) is 72.4 Å². The fraction of sp³-hybridized carbons (Fsp3) is 0.303. The average Bonchev–Trinajstić information content (AvgIpc) is 4.04. The molecule has 7 heteroatoms. The summed E-state index contributed by atoms with van der Waals surface area (Å²) in [5.41, 5.74) is 17.3. The summed E-state index contributed by atoms with van der Waals surface area (Å²) in [5.74, 6) is 3.38. The van der Waals surface area contributed by atoms with Crippen molar-refractivity contribution in [2.24, 2.45) is 11.3 Å². The molecule has 1 aliphatic carbocycles. The van der Waals surface area contributed by atoms with Crippen molar-refractivity contribution in [2.45, 2.75) is 119 Å². The minimum Gasteiger partial charge on any atom is -0.529 e. The maximum Gasteiger partial charge on any atom is 0.120 e. The number of aromatic nitrogens is 3. The zero-order chi connectivity index (χ0) is 50.6. The van der Waals surface area contributed by atoms with Crippen LogP contribution in [0.3, 0.4) is 0 Å². The average molecular weight is 1160 g/mol. The van der Waals surface area contributed by atoms with Crippen molar-refractivity contribution in [3.8, 4) is 45.2 Å². The van der Waals surface area contributed by atoms with E-state index in [0.717, 1.165) is 74.2 Å². The SMILES string of the molecule is CC(C)Cc1cc(-c2[c-]ccc3c2OC2C=CC=CC32)ncc1[Si](C)(C)C.CC(C)c1cc(-c2ccccc2)cc(C(C)C)c1-n1c(-c2[c-]cc3oc4ccc(CC(C)(C)C)cc4c3c2)nc2ccccc21.[Ir]. The fourth-order valence-corrected chi connectivity index (χ4v) is 12.4. The Labute approximate surface area is 448 Å². The molecule has 4 heterocycles. The smallest absolute Gasteiger partial charge is 0.120 e. The Kier molecular flexibility index (Phi) is 14.6. The summed E-state index contributed by atoms with van der Waals surface area (Å²) < 4.78 is 15.0. The van der Waals surface area contributed by atoms with E-state index in [2.05, 4.69) is 232 Å². The van der Waals surface area contributed by atoms with Gasteiger partial charge in [-0.3, -0.25) is 4.98 Å². The summed E-state index contributed by atoms with van der Waals surface area (Å²) in [4.78, 5) is 10.1. The number of hydrogen-bond acceptors (Lipinski definition) is 4. The predicted octanol–water partition coefficient (Wildman–Crippen LogP) is 17.2. The van der Waals surface area contributed by atoms with Gasteiger partial charge >= 0.3 is 0 Å². The van der Waals surface area contributed by atoms with Crippen molar-refractivity contribution in [2.75, 3.05) is 0 Å². The van der Waals surface area contributed by atoms with Crippen LogP contribution in [-0.4, -0.2) is 28.7 Å². The van der Waals surface area contributed by atoms with Crippen LogP contribution in [0.2, 0.25) is 19.6 Å². The first-order valence-corrected chi connectivity index (χ1v) is 29.6. The molecule has 375 valence electrons. The first kappa shape index (κ1) is 51.8. The van der Waals surface area contributed by atoms with Gasteiger partial charge in [-0.2, -0.15) is 0 Å². The Bertz CT molecular complexity index is 3500. The topological polar surface area (TPSA) is 53.1 Å². The number of para-hydroxylation sites is 2. The summed E-state index contributed by atoms with van der Waals surface area (Å²) in [7, 11) is -1.44. The van der Waals surface area contributed by atoms with Crippen LogP contribution in [0.1, 0.15) is 108 Å². The number of hydrogen-bond donors (Lipinski definition) is 0. The van der Waals surface area contributed by atoms with Crippen molar-refractivity contribution >= 4 is 46.2 Å². The monoisotopic (exact) mass is 1160 g/mol. The van der Waals surface area contributed by atoms with Gasteiger partial charge in [-0.25, -0.2) is 0 Å². The van der Waals surface area contributed by atoms with Crippen molar-refractivity contribution in [3.63, 3.8) is 0 Å². The molecule has 2 unspecified atom stereocenters. The Morgan fingerprint density at radius 1 is 0.740 bits per heavy atom. The van der Waals surface area contributed by atoms with Gasteiger partial charge in [0.15, 0.2) is 0 Å². The van der Waals surface area contributed by atoms with Crippen LogP contribution < -0.4 is 9.92 Å². The third kappa shape index (κ3) is 10.5. The number of benzene rings is 6. The quantitative estimate of drug-likeness (QED) is 0.101. The van der Waals surface area contributed by atoms with Crippen LogP contribution in [0.15, 0.2) is 150 Å². The zero-order valence-electron chi connectivity index (χ0n) is 44.6. The van der Waals surface area contributed by atoms with Crippen LogP contribution >= 0.6 is 0 Å². The number of ether oxygens (including phenoxy) is 1. The minimum absolute atomic E-state index is 0. The molecule has 1 aliphatic heterocycles.